The van der Waals surface area contributed by atoms with Crippen LogP contribution in [-0.2, 0) is 4.74 Å². The summed E-state index contributed by atoms with van der Waals surface area (Å²) < 4.78 is 6.29. The number of amides is 1. The molecule has 1 amide bonds. The summed E-state index contributed by atoms with van der Waals surface area (Å²) in [6.45, 7) is 7.46. The highest BCUT2D eigenvalue weighted by Gasteiger charge is 2.21. The molecule has 1 aromatic rings. The molecule has 1 heterocycles. The lowest BCUT2D eigenvalue weighted by atomic mass is 10.1. The second-order valence-corrected chi connectivity index (χ2v) is 7.43. The third-order valence-corrected chi connectivity index (χ3v) is 4.10. The molecule has 1 fully saturated rings. The fourth-order valence-electron chi connectivity index (χ4n) is 2.33. The van der Waals surface area contributed by atoms with Gasteiger partial charge in [0.05, 0.1) is 12.3 Å². The van der Waals surface area contributed by atoms with E-state index >= 15 is 0 Å². The molecule has 23 heavy (non-hydrogen) atoms. The summed E-state index contributed by atoms with van der Waals surface area (Å²) in [6, 6.07) is 7.44. The molecule has 0 aliphatic carbocycles. The Morgan fingerprint density at radius 3 is 2.61 bits per heavy atom. The van der Waals surface area contributed by atoms with E-state index in [1.165, 1.54) is 0 Å². The third kappa shape index (κ3) is 5.86. The van der Waals surface area contributed by atoms with Crippen LogP contribution in [0.3, 0.4) is 0 Å². The summed E-state index contributed by atoms with van der Waals surface area (Å²) in [7, 11) is 0. The highest BCUT2D eigenvalue weighted by Crippen LogP contribution is 2.23. The molecule has 1 atom stereocenters. The van der Waals surface area contributed by atoms with E-state index in [1.54, 1.807) is 6.21 Å². The summed E-state index contributed by atoms with van der Waals surface area (Å²) in [4.78, 5) is 12.1. The van der Waals surface area contributed by atoms with E-state index in [1.807, 2.05) is 50.0 Å². The van der Waals surface area contributed by atoms with Crippen molar-refractivity contribution in [3.8, 4) is 0 Å². The number of nitrogens with one attached hydrogen (secondary N) is 1. The van der Waals surface area contributed by atoms with Crippen molar-refractivity contribution in [1.29, 1.82) is 0 Å². The Labute approximate surface area is 146 Å². The lowest BCUT2D eigenvalue weighted by Crippen LogP contribution is -2.36. The third-order valence-electron chi connectivity index (χ3n) is 3.37. The molecule has 2 rings (SSSR count). The number of hydrogen-bond donors (Lipinski definition) is 1. The van der Waals surface area contributed by atoms with E-state index in [4.69, 9.17) is 4.74 Å². The maximum Gasteiger partial charge on any atom is 0.408 e. The summed E-state index contributed by atoms with van der Waals surface area (Å²) in [5, 5.41) is 9.42. The predicted octanol–water partition coefficient (Wildman–Crippen LogP) is 4.10. The quantitative estimate of drug-likeness (QED) is 0.798. The summed E-state index contributed by atoms with van der Waals surface area (Å²) in [5.74, 6) is 0. The Morgan fingerprint density at radius 1 is 1.35 bits per heavy atom. The molecule has 1 saturated heterocycles. The van der Waals surface area contributed by atoms with Gasteiger partial charge in [-0.1, -0.05) is 34.1 Å². The molecule has 1 aromatic carbocycles. The largest absolute Gasteiger partial charge is 0.444 e. The first-order valence-electron chi connectivity index (χ1n) is 7.88. The highest BCUT2D eigenvalue weighted by atomic mass is 79.9. The zero-order valence-electron chi connectivity index (χ0n) is 13.9. The van der Waals surface area contributed by atoms with E-state index < -0.39 is 11.7 Å². The van der Waals surface area contributed by atoms with Gasteiger partial charge in [-0.25, -0.2) is 4.79 Å². The van der Waals surface area contributed by atoms with Gasteiger partial charge in [0, 0.05) is 17.6 Å². The Bertz CT molecular complexity index is 563. The molecule has 1 aliphatic heterocycles. The zero-order chi connectivity index (χ0) is 16.9. The van der Waals surface area contributed by atoms with Crippen molar-refractivity contribution in [2.45, 2.75) is 45.3 Å². The van der Waals surface area contributed by atoms with Crippen LogP contribution in [0.2, 0.25) is 0 Å². The monoisotopic (exact) mass is 381 g/mol. The van der Waals surface area contributed by atoms with Crippen molar-refractivity contribution < 1.29 is 9.53 Å². The zero-order valence-corrected chi connectivity index (χ0v) is 15.5. The summed E-state index contributed by atoms with van der Waals surface area (Å²) >= 11 is 3.53. The van der Waals surface area contributed by atoms with Gasteiger partial charge in [-0.15, -0.1) is 0 Å². The lowest BCUT2D eigenvalue weighted by molar-refractivity contribution is 0.0518. The minimum atomic E-state index is -0.533. The number of halogens is 1. The van der Waals surface area contributed by atoms with Crippen LogP contribution < -0.4 is 5.32 Å². The number of carbonyl (C=O) groups is 1. The van der Waals surface area contributed by atoms with Gasteiger partial charge in [-0.2, -0.15) is 5.10 Å². The number of hydrogen-bond acceptors (Lipinski definition) is 4. The average Bonchev–Trinajstić information content (AvgIpc) is 2.95. The number of hydrazone groups is 1. The van der Waals surface area contributed by atoms with Crippen molar-refractivity contribution in [3.63, 3.8) is 0 Å². The minimum Gasteiger partial charge on any atom is -0.444 e. The van der Waals surface area contributed by atoms with Crippen molar-refractivity contribution in [3.05, 3.63) is 34.3 Å². The van der Waals surface area contributed by atoms with Crippen LogP contribution in [0.25, 0.3) is 0 Å². The fraction of sp³-hybridized carbons (Fsp3) is 0.529. The Morgan fingerprint density at radius 2 is 2.00 bits per heavy atom. The molecule has 0 radical (unpaired) electrons. The highest BCUT2D eigenvalue weighted by molar-refractivity contribution is 9.10. The molecular formula is C17H24BrN3O2. The first kappa shape index (κ1) is 17.8. The van der Waals surface area contributed by atoms with E-state index in [0.29, 0.717) is 0 Å². The molecular weight excluding hydrogens is 358 g/mol. The van der Waals surface area contributed by atoms with Gasteiger partial charge in [0.15, 0.2) is 0 Å². The molecule has 1 N–H and O–H groups in total. The first-order chi connectivity index (χ1) is 10.8. The van der Waals surface area contributed by atoms with Gasteiger partial charge in [0.25, 0.3) is 0 Å². The Kier molecular flexibility index (Phi) is 6.04. The maximum atomic E-state index is 12.1. The molecule has 5 nitrogen and oxygen atoms in total. The van der Waals surface area contributed by atoms with Crippen molar-refractivity contribution in [2.24, 2.45) is 5.10 Å². The number of ether oxygens (including phenoxy) is 1. The summed E-state index contributed by atoms with van der Waals surface area (Å²) in [5.41, 5.74) is 0.413. The first-order valence-corrected chi connectivity index (χ1v) is 8.67. The van der Waals surface area contributed by atoms with Gasteiger partial charge in [0.2, 0.25) is 0 Å². The normalized spacial score (nSPS) is 16.6. The smallest absolute Gasteiger partial charge is 0.408 e. The minimum absolute atomic E-state index is 0.346. The van der Waals surface area contributed by atoms with Gasteiger partial charge in [-0.3, -0.25) is 5.01 Å². The summed E-state index contributed by atoms with van der Waals surface area (Å²) in [6.07, 6.45) is 3.65. The number of benzene rings is 1. The second-order valence-electron chi connectivity index (χ2n) is 6.57. The van der Waals surface area contributed by atoms with Crippen LogP contribution in [0.5, 0.6) is 0 Å². The van der Waals surface area contributed by atoms with Crippen LogP contribution in [0.4, 0.5) is 4.79 Å². The van der Waals surface area contributed by atoms with Gasteiger partial charge >= 0.3 is 6.09 Å². The van der Waals surface area contributed by atoms with E-state index in [2.05, 4.69) is 26.3 Å². The van der Waals surface area contributed by atoms with Crippen molar-refractivity contribution in [2.75, 3.05) is 13.1 Å². The molecule has 126 valence electrons. The van der Waals surface area contributed by atoms with Crippen LogP contribution >= 0.6 is 15.9 Å². The van der Waals surface area contributed by atoms with Gasteiger partial charge in [-0.05, 0) is 45.2 Å². The van der Waals surface area contributed by atoms with E-state index in [0.717, 1.165) is 36.0 Å². The molecule has 0 saturated carbocycles. The average molecular weight is 382 g/mol. The van der Waals surface area contributed by atoms with Gasteiger partial charge in [0.1, 0.15) is 5.60 Å². The molecule has 0 spiro atoms. The standard InChI is InChI=1S/C17H24BrN3O2/c1-17(2,3)23-16(22)20-15(12-19-21-10-6-7-11-21)13-8-4-5-9-14(13)18/h4-5,8-9,12,15H,6-7,10-11H2,1-3H3,(H,20,22)/b19-12+/t15-/m1/s1. The SMILES string of the molecule is CC(C)(C)OC(=O)N[C@H](/C=N/N1CCCC1)c1ccccc1Br. The van der Waals surface area contributed by atoms with E-state index in [-0.39, 0.29) is 6.04 Å². The number of rotatable bonds is 4. The molecule has 0 bridgehead atoms. The van der Waals surface area contributed by atoms with Crippen LogP contribution in [0, 0.1) is 0 Å². The molecule has 6 heteroatoms. The number of nitrogens with zero attached hydrogens (tertiary/aromatic N) is 2. The number of alkyl carbamates (subject to hydrolysis) is 1. The van der Waals surface area contributed by atoms with Crippen molar-refractivity contribution >= 4 is 28.2 Å². The van der Waals surface area contributed by atoms with Crippen molar-refractivity contribution in [1.82, 2.24) is 10.3 Å². The Balaban J connectivity index is 2.14. The molecule has 1 aliphatic rings. The second kappa shape index (κ2) is 7.81. The maximum absolute atomic E-state index is 12.1. The fourth-order valence-corrected chi connectivity index (χ4v) is 2.87. The van der Waals surface area contributed by atoms with E-state index in [9.17, 15) is 4.79 Å². The predicted molar refractivity (Wildman–Crippen MR) is 95.6 cm³/mol. The van der Waals surface area contributed by atoms with Crippen LogP contribution in [0.15, 0.2) is 33.8 Å². The van der Waals surface area contributed by atoms with Crippen LogP contribution in [0.1, 0.15) is 45.2 Å². The topological polar surface area (TPSA) is 53.9 Å². The number of carbonyl (C=O) groups excluding carboxylic acids is 1. The molecule has 0 aromatic heterocycles. The van der Waals surface area contributed by atoms with Crippen LogP contribution in [-0.4, -0.2) is 36.0 Å². The Hall–Kier alpha value is -1.56. The van der Waals surface area contributed by atoms with Gasteiger partial charge < -0.3 is 10.1 Å². The molecule has 0 unspecified atom stereocenters. The lowest BCUT2D eigenvalue weighted by Gasteiger charge is -2.23.